The van der Waals surface area contributed by atoms with E-state index in [0.29, 0.717) is 6.04 Å². The van der Waals surface area contributed by atoms with Gasteiger partial charge in [0.2, 0.25) is 0 Å². The van der Waals surface area contributed by atoms with Gasteiger partial charge in [-0.25, -0.2) is 0 Å². The Kier molecular flexibility index (Phi) is 5.87. The molecule has 1 aliphatic rings. The zero-order chi connectivity index (χ0) is 15.4. The highest BCUT2D eigenvalue weighted by Gasteiger charge is 2.27. The second-order valence-electron chi connectivity index (χ2n) is 7.18. The Morgan fingerprint density at radius 1 is 1.14 bits per heavy atom. The maximum Gasteiger partial charge on any atom is 0.0133 e. The van der Waals surface area contributed by atoms with Gasteiger partial charge in [0.05, 0.1) is 0 Å². The van der Waals surface area contributed by atoms with Gasteiger partial charge >= 0.3 is 0 Å². The summed E-state index contributed by atoms with van der Waals surface area (Å²) in [6, 6.07) is 5.31. The molecule has 0 aromatic heterocycles. The maximum atomic E-state index is 3.63. The van der Waals surface area contributed by atoms with E-state index >= 15 is 0 Å². The van der Waals surface area contributed by atoms with Gasteiger partial charge in [-0.2, -0.15) is 0 Å². The molecule has 0 aliphatic heterocycles. The van der Waals surface area contributed by atoms with Crippen LogP contribution in [-0.4, -0.2) is 13.1 Å². The molecule has 1 aromatic carbocycles. The molecule has 0 spiro atoms. The fourth-order valence-electron chi connectivity index (χ4n) is 4.33. The third kappa shape index (κ3) is 4.10. The normalized spacial score (nSPS) is 24.0. The van der Waals surface area contributed by atoms with Gasteiger partial charge in [-0.05, 0) is 75.6 Å². The van der Waals surface area contributed by atoms with Crippen LogP contribution in [0.2, 0.25) is 0 Å². The summed E-state index contributed by atoms with van der Waals surface area (Å²) in [5.74, 6) is 1.81. The highest BCUT2D eigenvalue weighted by Crippen LogP contribution is 2.34. The molecule has 3 atom stereocenters. The van der Waals surface area contributed by atoms with E-state index in [0.717, 1.165) is 11.8 Å². The van der Waals surface area contributed by atoms with Crippen LogP contribution in [0.3, 0.4) is 0 Å². The molecule has 1 aromatic rings. The second kappa shape index (κ2) is 7.45. The van der Waals surface area contributed by atoms with Crippen molar-refractivity contribution < 1.29 is 0 Å². The van der Waals surface area contributed by atoms with Gasteiger partial charge in [0.1, 0.15) is 0 Å². The molecule has 2 rings (SSSR count). The van der Waals surface area contributed by atoms with Gasteiger partial charge in [0.15, 0.2) is 0 Å². The largest absolute Gasteiger partial charge is 0.316 e. The highest BCUT2D eigenvalue weighted by atomic mass is 14.9. The van der Waals surface area contributed by atoms with Crippen LogP contribution in [0, 0.1) is 32.6 Å². The molecule has 118 valence electrons. The topological polar surface area (TPSA) is 12.0 Å². The third-order valence-corrected chi connectivity index (χ3v) is 5.60. The van der Waals surface area contributed by atoms with E-state index in [9.17, 15) is 0 Å². The number of rotatable bonds is 5. The van der Waals surface area contributed by atoms with Crippen molar-refractivity contribution in [2.45, 2.75) is 72.3 Å². The quantitative estimate of drug-likeness (QED) is 0.807. The van der Waals surface area contributed by atoms with Crippen LogP contribution in [0.15, 0.2) is 12.1 Å². The Balaban J connectivity index is 2.12. The molecule has 0 saturated heterocycles. The number of aryl methyl sites for hydroxylation is 3. The summed E-state index contributed by atoms with van der Waals surface area (Å²) < 4.78 is 0. The lowest BCUT2D eigenvalue weighted by atomic mass is 9.75. The lowest BCUT2D eigenvalue weighted by Crippen LogP contribution is -2.38. The fraction of sp³-hybridized carbons (Fsp3) is 0.700. The number of benzene rings is 1. The first-order chi connectivity index (χ1) is 10.0. The van der Waals surface area contributed by atoms with Crippen molar-refractivity contribution in [2.24, 2.45) is 11.8 Å². The van der Waals surface area contributed by atoms with Crippen molar-refractivity contribution in [1.29, 1.82) is 0 Å². The predicted molar refractivity (Wildman–Crippen MR) is 92.9 cm³/mol. The molecular weight excluding hydrogens is 254 g/mol. The van der Waals surface area contributed by atoms with Gasteiger partial charge in [0.25, 0.3) is 0 Å². The molecule has 0 heterocycles. The first-order valence-corrected chi connectivity index (χ1v) is 8.79. The van der Waals surface area contributed by atoms with Gasteiger partial charge in [-0.1, -0.05) is 43.9 Å². The summed E-state index contributed by atoms with van der Waals surface area (Å²) in [6.45, 7) is 9.11. The molecule has 3 unspecified atom stereocenters. The van der Waals surface area contributed by atoms with E-state index in [1.165, 1.54) is 55.2 Å². The summed E-state index contributed by atoms with van der Waals surface area (Å²) in [4.78, 5) is 0. The number of hydrogen-bond acceptors (Lipinski definition) is 1. The van der Waals surface area contributed by atoms with Crippen LogP contribution >= 0.6 is 0 Å². The SMILES string of the molecule is CCC1CCCC(C(Cc2c(C)cc(C)cc2C)NC)C1. The lowest BCUT2D eigenvalue weighted by Gasteiger charge is -2.35. The minimum atomic E-state index is 0.638. The number of hydrogen-bond donors (Lipinski definition) is 1. The molecule has 0 radical (unpaired) electrons. The standard InChI is InChI=1S/C20H33N/c1-6-17-8-7-9-18(12-17)20(21-5)13-19-15(3)10-14(2)11-16(19)4/h10-11,17-18,20-21H,6-9,12-13H2,1-5H3. The zero-order valence-corrected chi connectivity index (χ0v) is 14.6. The Labute approximate surface area is 131 Å². The van der Waals surface area contributed by atoms with Crippen LogP contribution in [-0.2, 0) is 6.42 Å². The van der Waals surface area contributed by atoms with E-state index in [-0.39, 0.29) is 0 Å². The van der Waals surface area contributed by atoms with Crippen molar-refractivity contribution in [1.82, 2.24) is 5.32 Å². The molecule has 1 saturated carbocycles. The Morgan fingerprint density at radius 2 is 1.81 bits per heavy atom. The van der Waals surface area contributed by atoms with Crippen LogP contribution < -0.4 is 5.32 Å². The zero-order valence-electron chi connectivity index (χ0n) is 14.6. The minimum absolute atomic E-state index is 0.638. The predicted octanol–water partition coefficient (Wildman–Crippen LogP) is 4.96. The second-order valence-corrected chi connectivity index (χ2v) is 7.18. The van der Waals surface area contributed by atoms with Crippen LogP contribution in [0.5, 0.6) is 0 Å². The summed E-state index contributed by atoms with van der Waals surface area (Å²) in [5.41, 5.74) is 5.89. The van der Waals surface area contributed by atoms with Crippen LogP contribution in [0.4, 0.5) is 0 Å². The van der Waals surface area contributed by atoms with Gasteiger partial charge < -0.3 is 5.32 Å². The summed E-state index contributed by atoms with van der Waals surface area (Å²) in [5, 5.41) is 3.63. The molecule has 21 heavy (non-hydrogen) atoms. The van der Waals surface area contributed by atoms with E-state index in [1.54, 1.807) is 5.56 Å². The Hall–Kier alpha value is -0.820. The number of likely N-dealkylation sites (N-methyl/N-ethyl adjacent to an activating group) is 1. The van der Waals surface area contributed by atoms with Crippen molar-refractivity contribution in [3.63, 3.8) is 0 Å². The molecule has 1 N–H and O–H groups in total. The molecule has 1 heteroatoms. The first kappa shape index (κ1) is 16.5. The van der Waals surface area contributed by atoms with E-state index in [4.69, 9.17) is 0 Å². The molecule has 1 fully saturated rings. The van der Waals surface area contributed by atoms with Crippen molar-refractivity contribution in [3.05, 3.63) is 34.4 Å². The monoisotopic (exact) mass is 287 g/mol. The van der Waals surface area contributed by atoms with Crippen molar-refractivity contribution >= 4 is 0 Å². The highest BCUT2D eigenvalue weighted by molar-refractivity contribution is 5.38. The molecule has 0 bridgehead atoms. The third-order valence-electron chi connectivity index (χ3n) is 5.60. The lowest BCUT2D eigenvalue weighted by molar-refractivity contribution is 0.212. The van der Waals surface area contributed by atoms with E-state index in [2.05, 4.69) is 52.2 Å². The average Bonchev–Trinajstić information content (AvgIpc) is 2.46. The summed E-state index contributed by atoms with van der Waals surface area (Å²) in [6.07, 6.45) is 8.25. The van der Waals surface area contributed by atoms with Gasteiger partial charge in [-0.3, -0.25) is 0 Å². The van der Waals surface area contributed by atoms with E-state index < -0.39 is 0 Å². The summed E-state index contributed by atoms with van der Waals surface area (Å²) in [7, 11) is 2.15. The van der Waals surface area contributed by atoms with Gasteiger partial charge in [0, 0.05) is 6.04 Å². The van der Waals surface area contributed by atoms with Crippen LogP contribution in [0.1, 0.15) is 61.3 Å². The number of nitrogens with one attached hydrogen (secondary N) is 1. The minimum Gasteiger partial charge on any atom is -0.316 e. The van der Waals surface area contributed by atoms with Crippen LogP contribution in [0.25, 0.3) is 0 Å². The Bertz CT molecular complexity index is 440. The molecule has 0 amide bonds. The van der Waals surface area contributed by atoms with Gasteiger partial charge in [-0.15, -0.1) is 0 Å². The summed E-state index contributed by atoms with van der Waals surface area (Å²) >= 11 is 0. The smallest absolute Gasteiger partial charge is 0.0133 e. The Morgan fingerprint density at radius 3 is 2.38 bits per heavy atom. The molecule has 1 aliphatic carbocycles. The molecular formula is C20H33N. The van der Waals surface area contributed by atoms with Crippen molar-refractivity contribution in [2.75, 3.05) is 7.05 Å². The van der Waals surface area contributed by atoms with Crippen molar-refractivity contribution in [3.8, 4) is 0 Å². The average molecular weight is 287 g/mol. The first-order valence-electron chi connectivity index (χ1n) is 8.79. The molecule has 1 nitrogen and oxygen atoms in total. The van der Waals surface area contributed by atoms with E-state index in [1.807, 2.05) is 0 Å². The fourth-order valence-corrected chi connectivity index (χ4v) is 4.33. The maximum absolute atomic E-state index is 3.63.